The summed E-state index contributed by atoms with van der Waals surface area (Å²) >= 11 is 0. The van der Waals surface area contributed by atoms with Crippen LogP contribution in [0.25, 0.3) is 0 Å². The lowest BCUT2D eigenvalue weighted by Gasteiger charge is -2.52. The lowest BCUT2D eigenvalue weighted by Crippen LogP contribution is -2.59. The molecule has 3 aliphatic rings. The van der Waals surface area contributed by atoms with E-state index in [9.17, 15) is 9.59 Å². The van der Waals surface area contributed by atoms with Crippen LogP contribution in [0.15, 0.2) is 12.4 Å². The van der Waals surface area contributed by atoms with Crippen molar-refractivity contribution in [2.45, 2.75) is 52.1 Å². The highest BCUT2D eigenvalue weighted by Crippen LogP contribution is 2.48. The lowest BCUT2D eigenvalue weighted by atomic mass is 9.61. The number of hydrogen-bond donors (Lipinski definition) is 0. The van der Waals surface area contributed by atoms with E-state index < -0.39 is 5.41 Å². The molecule has 1 aromatic rings. The summed E-state index contributed by atoms with van der Waals surface area (Å²) in [5.41, 5.74) is 0.00398. The van der Waals surface area contributed by atoms with Gasteiger partial charge in [-0.15, -0.1) is 0 Å². The van der Waals surface area contributed by atoms with Gasteiger partial charge in [-0.1, -0.05) is 0 Å². The summed E-state index contributed by atoms with van der Waals surface area (Å²) in [5, 5.41) is 4.24. The van der Waals surface area contributed by atoms with Crippen molar-refractivity contribution in [3.05, 3.63) is 18.0 Å². The molecule has 8 nitrogen and oxygen atoms in total. The van der Waals surface area contributed by atoms with E-state index in [4.69, 9.17) is 9.47 Å². The molecule has 3 atom stereocenters. The van der Waals surface area contributed by atoms with Gasteiger partial charge < -0.3 is 14.4 Å². The predicted molar refractivity (Wildman–Crippen MR) is 111 cm³/mol. The zero-order valence-electron chi connectivity index (χ0n) is 18.2. The number of aromatic nitrogens is 2. The second-order valence-corrected chi connectivity index (χ2v) is 8.75. The van der Waals surface area contributed by atoms with Crippen LogP contribution in [0, 0.1) is 11.3 Å². The Hall–Kier alpha value is -1.93. The predicted octanol–water partition coefficient (Wildman–Crippen LogP) is 1.80. The van der Waals surface area contributed by atoms with Gasteiger partial charge in [-0.2, -0.15) is 5.10 Å². The van der Waals surface area contributed by atoms with Gasteiger partial charge in [0, 0.05) is 45.0 Å². The Morgan fingerprint density at radius 1 is 1.23 bits per heavy atom. The van der Waals surface area contributed by atoms with E-state index in [1.807, 2.05) is 18.7 Å². The number of hydrogen-bond acceptors (Lipinski definition) is 6. The Kier molecular flexibility index (Phi) is 6.43. The summed E-state index contributed by atoms with van der Waals surface area (Å²) in [6.45, 7) is 9.59. The number of rotatable bonds is 5. The van der Waals surface area contributed by atoms with E-state index in [1.54, 1.807) is 17.1 Å². The molecule has 30 heavy (non-hydrogen) atoms. The minimum atomic E-state index is -0.590. The number of likely N-dealkylation sites (tertiary alicyclic amines) is 1. The number of ether oxygens (including phenoxy) is 2. The zero-order valence-corrected chi connectivity index (χ0v) is 18.2. The monoisotopic (exact) mass is 418 g/mol. The van der Waals surface area contributed by atoms with Gasteiger partial charge in [0.2, 0.25) is 0 Å². The molecule has 1 aliphatic carbocycles. The quantitative estimate of drug-likeness (QED) is 0.679. The van der Waals surface area contributed by atoms with Crippen molar-refractivity contribution < 1.29 is 19.1 Å². The summed E-state index contributed by atoms with van der Waals surface area (Å²) < 4.78 is 12.8. The fraction of sp³-hybridized carbons (Fsp3) is 0.773. The molecule has 8 heteroatoms. The van der Waals surface area contributed by atoms with E-state index in [0.29, 0.717) is 31.3 Å². The topological polar surface area (TPSA) is 76.9 Å². The molecule has 0 N–H and O–H groups in total. The molecule has 0 bridgehead atoms. The van der Waals surface area contributed by atoms with Crippen molar-refractivity contribution in [2.75, 3.05) is 46.0 Å². The first-order valence-electron chi connectivity index (χ1n) is 11.4. The third-order valence-corrected chi connectivity index (χ3v) is 7.22. The van der Waals surface area contributed by atoms with Crippen molar-refractivity contribution in [1.82, 2.24) is 19.6 Å². The van der Waals surface area contributed by atoms with Crippen LogP contribution in [0.5, 0.6) is 0 Å². The molecule has 166 valence electrons. The molecular weight excluding hydrogens is 384 g/mol. The van der Waals surface area contributed by atoms with E-state index in [1.165, 1.54) is 0 Å². The normalized spacial score (nSPS) is 30.0. The van der Waals surface area contributed by atoms with Crippen molar-refractivity contribution in [3.63, 3.8) is 0 Å². The Morgan fingerprint density at radius 3 is 2.73 bits per heavy atom. The highest BCUT2D eigenvalue weighted by molar-refractivity contribution is 5.94. The molecule has 1 amide bonds. The van der Waals surface area contributed by atoms with Crippen LogP contribution >= 0.6 is 0 Å². The standard InChI is InChI=1S/C22H34N4O4/c1-3-26-15-17(14-23-26)20(27)25-8-6-18-13-19(24-9-11-29-12-10-24)5-7-22(18,16-25)21(28)30-4-2/h14-15,18-19H,3-13,16H2,1-2H3/t18-,19+,22-/m1/s1. The summed E-state index contributed by atoms with van der Waals surface area (Å²) in [7, 11) is 0. The lowest BCUT2D eigenvalue weighted by molar-refractivity contribution is -0.168. The first-order valence-corrected chi connectivity index (χ1v) is 11.4. The van der Waals surface area contributed by atoms with Crippen LogP contribution in [0.4, 0.5) is 0 Å². The number of carbonyl (C=O) groups excluding carboxylic acids is 2. The first kappa shape index (κ1) is 21.3. The molecule has 3 fully saturated rings. The minimum absolute atomic E-state index is 0.0351. The summed E-state index contributed by atoms with van der Waals surface area (Å²) in [5.74, 6) is 0.0878. The molecule has 1 aromatic heterocycles. The number of morpholine rings is 1. The van der Waals surface area contributed by atoms with E-state index in [-0.39, 0.29) is 17.8 Å². The fourth-order valence-corrected chi connectivity index (χ4v) is 5.52. The third-order valence-electron chi connectivity index (χ3n) is 7.22. The van der Waals surface area contributed by atoms with Crippen LogP contribution < -0.4 is 0 Å². The number of nitrogens with zero attached hydrogens (tertiary/aromatic N) is 4. The number of fused-ring (bicyclic) bond motifs is 1. The second kappa shape index (κ2) is 9.06. The minimum Gasteiger partial charge on any atom is -0.466 e. The van der Waals surface area contributed by atoms with Crippen LogP contribution in [0.2, 0.25) is 0 Å². The Bertz CT molecular complexity index is 760. The van der Waals surface area contributed by atoms with Gasteiger partial charge >= 0.3 is 5.97 Å². The molecule has 1 saturated carbocycles. The summed E-state index contributed by atoms with van der Waals surface area (Å²) in [6, 6.07) is 0.492. The SMILES string of the molecule is CCOC(=O)[C@@]12CC[C@H](N3CCOCC3)C[C@H]1CCN(C(=O)c1cnn(CC)c1)C2. The summed E-state index contributed by atoms with van der Waals surface area (Å²) in [6.07, 6.45) is 6.99. The van der Waals surface area contributed by atoms with Gasteiger partial charge in [0.15, 0.2) is 0 Å². The van der Waals surface area contributed by atoms with Crippen molar-refractivity contribution in [3.8, 4) is 0 Å². The number of esters is 1. The second-order valence-electron chi connectivity index (χ2n) is 8.75. The van der Waals surface area contributed by atoms with Gasteiger partial charge in [-0.3, -0.25) is 19.2 Å². The third kappa shape index (κ3) is 3.99. The van der Waals surface area contributed by atoms with Crippen LogP contribution in [0.1, 0.15) is 49.9 Å². The van der Waals surface area contributed by atoms with Crippen LogP contribution in [0.3, 0.4) is 0 Å². The molecule has 3 heterocycles. The van der Waals surface area contributed by atoms with Gasteiger partial charge in [0.05, 0.1) is 37.0 Å². The maximum atomic E-state index is 13.2. The molecule has 2 aliphatic heterocycles. The first-order chi connectivity index (χ1) is 14.6. The van der Waals surface area contributed by atoms with E-state index >= 15 is 0 Å². The Morgan fingerprint density at radius 2 is 2.03 bits per heavy atom. The fourth-order valence-electron chi connectivity index (χ4n) is 5.52. The number of aryl methyl sites for hydroxylation is 1. The zero-order chi connectivity index (χ0) is 21.1. The van der Waals surface area contributed by atoms with E-state index in [0.717, 1.165) is 58.5 Å². The molecule has 0 aromatic carbocycles. The largest absolute Gasteiger partial charge is 0.466 e. The highest BCUT2D eigenvalue weighted by atomic mass is 16.5. The molecule has 2 saturated heterocycles. The van der Waals surface area contributed by atoms with Gasteiger partial charge in [-0.05, 0) is 45.4 Å². The smallest absolute Gasteiger partial charge is 0.314 e. The van der Waals surface area contributed by atoms with E-state index in [2.05, 4.69) is 10.00 Å². The average Bonchev–Trinajstić information content (AvgIpc) is 3.28. The molecule has 0 unspecified atom stereocenters. The van der Waals surface area contributed by atoms with Crippen molar-refractivity contribution >= 4 is 11.9 Å². The van der Waals surface area contributed by atoms with Crippen molar-refractivity contribution in [1.29, 1.82) is 0 Å². The van der Waals surface area contributed by atoms with Crippen LogP contribution in [-0.4, -0.2) is 83.5 Å². The highest BCUT2D eigenvalue weighted by Gasteiger charge is 2.54. The van der Waals surface area contributed by atoms with Gasteiger partial charge in [0.1, 0.15) is 0 Å². The molecule has 0 spiro atoms. The van der Waals surface area contributed by atoms with Gasteiger partial charge in [-0.25, -0.2) is 0 Å². The number of piperidine rings is 1. The average molecular weight is 419 g/mol. The van der Waals surface area contributed by atoms with Crippen molar-refractivity contribution in [2.24, 2.45) is 11.3 Å². The number of carbonyl (C=O) groups is 2. The maximum absolute atomic E-state index is 13.2. The van der Waals surface area contributed by atoms with Crippen LogP contribution in [-0.2, 0) is 20.8 Å². The Labute approximate surface area is 178 Å². The Balaban J connectivity index is 1.52. The number of amides is 1. The summed E-state index contributed by atoms with van der Waals surface area (Å²) in [4.78, 5) is 30.7. The maximum Gasteiger partial charge on any atom is 0.314 e. The molecule has 0 radical (unpaired) electrons. The molecular formula is C22H34N4O4. The van der Waals surface area contributed by atoms with Gasteiger partial charge in [0.25, 0.3) is 5.91 Å². The molecule has 4 rings (SSSR count).